The van der Waals surface area contributed by atoms with Crippen LogP contribution in [0.25, 0.3) is 22.2 Å². The van der Waals surface area contributed by atoms with Gasteiger partial charge in [0.1, 0.15) is 5.82 Å². The number of carbonyl (C=O) groups is 1. The number of H-pyrrole nitrogens is 1. The molecule has 0 bridgehead atoms. The summed E-state index contributed by atoms with van der Waals surface area (Å²) in [6, 6.07) is 10.6. The third-order valence-corrected chi connectivity index (χ3v) is 4.32. The monoisotopic (exact) mass is 319 g/mol. The second-order valence-corrected chi connectivity index (χ2v) is 5.89. The fourth-order valence-electron chi connectivity index (χ4n) is 2.35. The van der Waals surface area contributed by atoms with E-state index in [1.807, 2.05) is 30.5 Å². The largest absolute Gasteiger partial charge is 0.352 e. The summed E-state index contributed by atoms with van der Waals surface area (Å²) in [5.41, 5.74) is 2.16. The van der Waals surface area contributed by atoms with Gasteiger partial charge in [-0.05, 0) is 36.1 Å². The minimum atomic E-state index is -0.465. The molecular formula is C16H11ClFNOS. The standard InChI is InChI=1S/C16H11ClFNOS/c1-21-11-4-2-9(3-5-11)15-13(8-20)12-6-10(17)7-14(18)16(12)19-15/h2-8,19H,1H3. The molecule has 0 amide bonds. The van der Waals surface area contributed by atoms with Crippen molar-refractivity contribution in [2.45, 2.75) is 4.90 Å². The first kappa shape index (κ1) is 14.2. The van der Waals surface area contributed by atoms with Crippen molar-refractivity contribution in [1.82, 2.24) is 4.98 Å². The van der Waals surface area contributed by atoms with E-state index in [0.29, 0.717) is 22.2 Å². The third-order valence-electron chi connectivity index (χ3n) is 3.36. The first-order chi connectivity index (χ1) is 10.1. The van der Waals surface area contributed by atoms with Crippen molar-refractivity contribution in [1.29, 1.82) is 0 Å². The molecule has 0 aliphatic carbocycles. The van der Waals surface area contributed by atoms with Gasteiger partial charge in [0.2, 0.25) is 0 Å². The van der Waals surface area contributed by atoms with Gasteiger partial charge in [0.25, 0.3) is 0 Å². The highest BCUT2D eigenvalue weighted by atomic mass is 35.5. The highest BCUT2D eigenvalue weighted by Gasteiger charge is 2.16. The average molecular weight is 320 g/mol. The molecule has 3 rings (SSSR count). The highest BCUT2D eigenvalue weighted by molar-refractivity contribution is 7.98. The molecule has 0 aliphatic rings. The summed E-state index contributed by atoms with van der Waals surface area (Å²) < 4.78 is 14.0. The van der Waals surface area contributed by atoms with Crippen LogP contribution in [0.4, 0.5) is 4.39 Å². The summed E-state index contributed by atoms with van der Waals surface area (Å²) in [6.07, 6.45) is 2.72. The molecule has 2 aromatic carbocycles. The van der Waals surface area contributed by atoms with Gasteiger partial charge < -0.3 is 4.98 Å². The molecule has 21 heavy (non-hydrogen) atoms. The van der Waals surface area contributed by atoms with E-state index in [1.165, 1.54) is 6.07 Å². The van der Waals surface area contributed by atoms with Crippen LogP contribution in [0.2, 0.25) is 5.02 Å². The van der Waals surface area contributed by atoms with Gasteiger partial charge in [0, 0.05) is 20.9 Å². The van der Waals surface area contributed by atoms with Crippen molar-refractivity contribution in [2.24, 2.45) is 0 Å². The molecule has 0 radical (unpaired) electrons. The second-order valence-electron chi connectivity index (χ2n) is 4.57. The summed E-state index contributed by atoms with van der Waals surface area (Å²) >= 11 is 7.51. The number of aldehydes is 1. The molecular weight excluding hydrogens is 309 g/mol. The Balaban J connectivity index is 2.26. The van der Waals surface area contributed by atoms with Crippen molar-refractivity contribution in [3.8, 4) is 11.3 Å². The van der Waals surface area contributed by atoms with E-state index in [9.17, 15) is 9.18 Å². The Bertz CT molecular complexity index is 826. The minimum absolute atomic E-state index is 0.270. The predicted octanol–water partition coefficient (Wildman–Crippen LogP) is 5.16. The average Bonchev–Trinajstić information content (AvgIpc) is 2.86. The van der Waals surface area contributed by atoms with Crippen LogP contribution in [-0.4, -0.2) is 17.5 Å². The van der Waals surface area contributed by atoms with Crippen molar-refractivity contribution >= 4 is 40.6 Å². The smallest absolute Gasteiger partial charge is 0.152 e. The molecule has 0 aliphatic heterocycles. The van der Waals surface area contributed by atoms with Gasteiger partial charge in [0.05, 0.1) is 11.2 Å². The molecule has 0 spiro atoms. The number of halogens is 2. The Kier molecular flexibility index (Phi) is 3.74. The lowest BCUT2D eigenvalue weighted by atomic mass is 10.1. The zero-order valence-corrected chi connectivity index (χ0v) is 12.7. The fourth-order valence-corrected chi connectivity index (χ4v) is 2.96. The Labute approximate surface area is 130 Å². The minimum Gasteiger partial charge on any atom is -0.352 e. The lowest BCUT2D eigenvalue weighted by Gasteiger charge is -2.01. The van der Waals surface area contributed by atoms with Crippen molar-refractivity contribution in [3.05, 3.63) is 52.8 Å². The van der Waals surface area contributed by atoms with Gasteiger partial charge in [-0.3, -0.25) is 4.79 Å². The topological polar surface area (TPSA) is 32.9 Å². The van der Waals surface area contributed by atoms with Crippen molar-refractivity contribution in [3.63, 3.8) is 0 Å². The van der Waals surface area contributed by atoms with E-state index in [4.69, 9.17) is 11.6 Å². The lowest BCUT2D eigenvalue weighted by Crippen LogP contribution is -1.84. The summed E-state index contributed by atoms with van der Waals surface area (Å²) in [4.78, 5) is 15.5. The van der Waals surface area contributed by atoms with Crippen LogP contribution in [0.3, 0.4) is 0 Å². The van der Waals surface area contributed by atoms with E-state index in [1.54, 1.807) is 17.8 Å². The molecule has 106 valence electrons. The number of fused-ring (bicyclic) bond motifs is 1. The number of aromatic nitrogens is 1. The maximum absolute atomic E-state index is 14.0. The van der Waals surface area contributed by atoms with Crippen LogP contribution in [0.5, 0.6) is 0 Å². The summed E-state index contributed by atoms with van der Waals surface area (Å²) in [5.74, 6) is -0.465. The van der Waals surface area contributed by atoms with Gasteiger partial charge in [-0.1, -0.05) is 23.7 Å². The number of aromatic amines is 1. The number of nitrogens with one attached hydrogen (secondary N) is 1. The molecule has 0 saturated carbocycles. The Morgan fingerprint density at radius 2 is 1.95 bits per heavy atom. The van der Waals surface area contributed by atoms with Crippen molar-refractivity contribution < 1.29 is 9.18 Å². The van der Waals surface area contributed by atoms with Gasteiger partial charge >= 0.3 is 0 Å². The van der Waals surface area contributed by atoms with E-state index >= 15 is 0 Å². The zero-order chi connectivity index (χ0) is 15.0. The fraction of sp³-hybridized carbons (Fsp3) is 0.0625. The van der Waals surface area contributed by atoms with Crippen LogP contribution in [0.1, 0.15) is 10.4 Å². The maximum atomic E-state index is 14.0. The maximum Gasteiger partial charge on any atom is 0.152 e. The summed E-state index contributed by atoms with van der Waals surface area (Å²) in [7, 11) is 0. The number of hydrogen-bond donors (Lipinski definition) is 1. The molecule has 0 unspecified atom stereocenters. The zero-order valence-electron chi connectivity index (χ0n) is 11.1. The SMILES string of the molecule is CSc1ccc(-c2[nH]c3c(F)cc(Cl)cc3c2C=O)cc1. The summed E-state index contributed by atoms with van der Waals surface area (Å²) in [5, 5.41) is 0.769. The number of benzene rings is 2. The number of carbonyl (C=O) groups excluding carboxylic acids is 1. The quantitative estimate of drug-likeness (QED) is 0.534. The molecule has 1 N–H and O–H groups in total. The van der Waals surface area contributed by atoms with E-state index in [0.717, 1.165) is 16.7 Å². The van der Waals surface area contributed by atoms with E-state index in [2.05, 4.69) is 4.98 Å². The molecule has 0 fully saturated rings. The first-order valence-corrected chi connectivity index (χ1v) is 7.84. The molecule has 1 heterocycles. The van der Waals surface area contributed by atoms with Crippen LogP contribution in [0.15, 0.2) is 41.3 Å². The normalized spacial score (nSPS) is 11.0. The molecule has 3 aromatic rings. The predicted molar refractivity (Wildman–Crippen MR) is 85.9 cm³/mol. The third kappa shape index (κ3) is 2.45. The highest BCUT2D eigenvalue weighted by Crippen LogP contribution is 2.33. The van der Waals surface area contributed by atoms with Crippen LogP contribution < -0.4 is 0 Å². The first-order valence-electron chi connectivity index (χ1n) is 6.24. The van der Waals surface area contributed by atoms with Crippen LogP contribution in [-0.2, 0) is 0 Å². The summed E-state index contributed by atoms with van der Waals surface area (Å²) in [6.45, 7) is 0. The Hall–Kier alpha value is -1.78. The number of thioether (sulfide) groups is 1. The van der Waals surface area contributed by atoms with Crippen LogP contribution >= 0.6 is 23.4 Å². The molecule has 5 heteroatoms. The Morgan fingerprint density at radius 3 is 2.57 bits per heavy atom. The molecule has 2 nitrogen and oxygen atoms in total. The van der Waals surface area contributed by atoms with Gasteiger partial charge in [-0.15, -0.1) is 11.8 Å². The van der Waals surface area contributed by atoms with Gasteiger partial charge in [0.15, 0.2) is 6.29 Å². The molecule has 0 saturated heterocycles. The van der Waals surface area contributed by atoms with E-state index < -0.39 is 5.82 Å². The van der Waals surface area contributed by atoms with Crippen LogP contribution in [0, 0.1) is 5.82 Å². The Morgan fingerprint density at radius 1 is 1.24 bits per heavy atom. The van der Waals surface area contributed by atoms with Gasteiger partial charge in [-0.2, -0.15) is 0 Å². The van der Waals surface area contributed by atoms with Gasteiger partial charge in [-0.25, -0.2) is 4.39 Å². The number of hydrogen-bond acceptors (Lipinski definition) is 2. The number of rotatable bonds is 3. The van der Waals surface area contributed by atoms with E-state index in [-0.39, 0.29) is 5.02 Å². The second kappa shape index (κ2) is 5.54. The van der Waals surface area contributed by atoms with Crippen molar-refractivity contribution in [2.75, 3.05) is 6.26 Å². The lowest BCUT2D eigenvalue weighted by molar-refractivity contribution is 0.112. The molecule has 0 atom stereocenters. The molecule has 1 aromatic heterocycles.